The minimum absolute atomic E-state index is 0.120. The van der Waals surface area contributed by atoms with Gasteiger partial charge in [0, 0.05) is 36.9 Å². The molecule has 39 heavy (non-hydrogen) atoms. The monoisotopic (exact) mass is 549 g/mol. The third-order valence-electron chi connectivity index (χ3n) is 7.10. The fourth-order valence-corrected chi connectivity index (χ4v) is 5.24. The second-order valence-electron chi connectivity index (χ2n) is 10.2. The standard InChI is InChI=1S/C29H32ClN5O4/c1-17-4-3-5-19(12-17)26(18(2)36)33-25(37)16-35-15-21-7-6-20(13-23(21)28(35)38)27-24(30)14-31-29(34-27)32-22-8-10-39-11-9-22/h3-7,12-14,18,22,26,36H,8-11,15-16H2,1-2H3,(H,33,37)(H,31,32,34). The number of benzene rings is 2. The first kappa shape index (κ1) is 27.1. The van der Waals surface area contributed by atoms with Crippen LogP contribution in [0.3, 0.4) is 0 Å². The van der Waals surface area contributed by atoms with E-state index in [1.807, 2.05) is 43.3 Å². The van der Waals surface area contributed by atoms with Crippen molar-refractivity contribution in [3.05, 3.63) is 75.9 Å². The summed E-state index contributed by atoms with van der Waals surface area (Å²) in [7, 11) is 0. The molecule has 10 heteroatoms. The highest BCUT2D eigenvalue weighted by molar-refractivity contribution is 6.33. The van der Waals surface area contributed by atoms with Gasteiger partial charge in [0.25, 0.3) is 5.91 Å². The zero-order valence-electron chi connectivity index (χ0n) is 22.0. The van der Waals surface area contributed by atoms with E-state index in [2.05, 4.69) is 20.6 Å². The number of nitrogens with zero attached hydrogens (tertiary/aromatic N) is 3. The van der Waals surface area contributed by atoms with Gasteiger partial charge in [-0.3, -0.25) is 9.59 Å². The number of aromatic nitrogens is 2. The molecule has 1 saturated heterocycles. The maximum atomic E-state index is 13.3. The summed E-state index contributed by atoms with van der Waals surface area (Å²) in [4.78, 5) is 36.7. The Kier molecular flexibility index (Phi) is 8.11. The average molecular weight is 550 g/mol. The van der Waals surface area contributed by atoms with Crippen LogP contribution in [0.2, 0.25) is 5.02 Å². The Morgan fingerprint density at radius 1 is 1.23 bits per heavy atom. The lowest BCUT2D eigenvalue weighted by Crippen LogP contribution is -2.41. The molecule has 3 N–H and O–H groups in total. The molecule has 204 valence electrons. The smallest absolute Gasteiger partial charge is 0.254 e. The second kappa shape index (κ2) is 11.7. The van der Waals surface area contributed by atoms with Gasteiger partial charge in [-0.05, 0) is 43.9 Å². The van der Waals surface area contributed by atoms with Crippen LogP contribution in [0.5, 0.6) is 0 Å². The van der Waals surface area contributed by atoms with Crippen molar-refractivity contribution < 1.29 is 19.4 Å². The van der Waals surface area contributed by atoms with Crippen LogP contribution in [-0.2, 0) is 16.1 Å². The van der Waals surface area contributed by atoms with E-state index >= 15 is 0 Å². The number of hydrogen-bond donors (Lipinski definition) is 3. The Morgan fingerprint density at radius 3 is 2.77 bits per heavy atom. The molecular formula is C29H32ClN5O4. The molecule has 2 aromatic carbocycles. The maximum Gasteiger partial charge on any atom is 0.254 e. The number of amides is 2. The highest BCUT2D eigenvalue weighted by Crippen LogP contribution is 2.32. The minimum Gasteiger partial charge on any atom is -0.391 e. The van der Waals surface area contributed by atoms with Crippen LogP contribution in [0.1, 0.15) is 52.9 Å². The molecule has 2 amide bonds. The zero-order chi connectivity index (χ0) is 27.5. The van der Waals surface area contributed by atoms with Crippen molar-refractivity contribution in [1.29, 1.82) is 0 Å². The summed E-state index contributed by atoms with van der Waals surface area (Å²) in [5.41, 5.74) is 4.42. The largest absolute Gasteiger partial charge is 0.391 e. The molecule has 0 saturated carbocycles. The summed E-state index contributed by atoms with van der Waals surface area (Å²) in [6.45, 7) is 5.19. The van der Waals surface area contributed by atoms with E-state index in [1.165, 1.54) is 4.90 Å². The highest BCUT2D eigenvalue weighted by atomic mass is 35.5. The first-order valence-corrected chi connectivity index (χ1v) is 13.5. The molecule has 2 unspecified atom stereocenters. The van der Waals surface area contributed by atoms with Crippen molar-refractivity contribution in [2.45, 2.75) is 51.4 Å². The van der Waals surface area contributed by atoms with E-state index in [-0.39, 0.29) is 24.4 Å². The Morgan fingerprint density at radius 2 is 2.03 bits per heavy atom. The number of hydrogen-bond acceptors (Lipinski definition) is 7. The number of carbonyl (C=O) groups excluding carboxylic acids is 2. The number of nitrogens with one attached hydrogen (secondary N) is 2. The van der Waals surface area contributed by atoms with Crippen molar-refractivity contribution in [2.24, 2.45) is 0 Å². The van der Waals surface area contributed by atoms with E-state index < -0.39 is 12.1 Å². The van der Waals surface area contributed by atoms with Crippen LogP contribution in [0.4, 0.5) is 5.95 Å². The van der Waals surface area contributed by atoms with Crippen LogP contribution in [-0.4, -0.2) is 63.7 Å². The number of aryl methyl sites for hydroxylation is 1. The molecule has 0 radical (unpaired) electrons. The van der Waals surface area contributed by atoms with Gasteiger partial charge < -0.3 is 25.4 Å². The lowest BCUT2D eigenvalue weighted by atomic mass is 10.0. The fourth-order valence-electron chi connectivity index (χ4n) is 5.04. The Labute approximate surface area is 232 Å². The van der Waals surface area contributed by atoms with Gasteiger partial charge in [-0.2, -0.15) is 0 Å². The zero-order valence-corrected chi connectivity index (χ0v) is 22.7. The van der Waals surface area contributed by atoms with Crippen LogP contribution < -0.4 is 10.6 Å². The number of aliphatic hydroxyl groups is 1. The van der Waals surface area contributed by atoms with Crippen molar-refractivity contribution in [3.8, 4) is 11.3 Å². The van der Waals surface area contributed by atoms with Gasteiger partial charge >= 0.3 is 0 Å². The van der Waals surface area contributed by atoms with Crippen LogP contribution in [0.15, 0.2) is 48.7 Å². The van der Waals surface area contributed by atoms with Crippen molar-refractivity contribution in [3.63, 3.8) is 0 Å². The van der Waals surface area contributed by atoms with Crippen molar-refractivity contribution in [2.75, 3.05) is 25.1 Å². The molecule has 2 atom stereocenters. The van der Waals surface area contributed by atoms with Crippen molar-refractivity contribution in [1.82, 2.24) is 20.2 Å². The van der Waals surface area contributed by atoms with Gasteiger partial charge in [0.2, 0.25) is 11.9 Å². The molecule has 5 rings (SSSR count). The van der Waals surface area contributed by atoms with E-state index in [4.69, 9.17) is 16.3 Å². The predicted molar refractivity (Wildman–Crippen MR) is 148 cm³/mol. The molecule has 3 heterocycles. The number of anilines is 1. The summed E-state index contributed by atoms with van der Waals surface area (Å²) < 4.78 is 5.41. The molecule has 1 fully saturated rings. The van der Waals surface area contributed by atoms with E-state index in [9.17, 15) is 14.7 Å². The first-order chi connectivity index (χ1) is 18.8. The van der Waals surface area contributed by atoms with Crippen molar-refractivity contribution >= 4 is 29.4 Å². The SMILES string of the molecule is Cc1cccc(C(NC(=O)CN2Cc3ccc(-c4nc(NC5CCOCC5)ncc4Cl)cc3C2=O)C(C)O)c1. The molecule has 9 nitrogen and oxygen atoms in total. The van der Waals surface area contributed by atoms with E-state index in [0.717, 1.165) is 29.5 Å². The number of fused-ring (bicyclic) bond motifs is 1. The number of halogens is 1. The number of rotatable bonds is 8. The summed E-state index contributed by atoms with van der Waals surface area (Å²) in [6, 6.07) is 12.8. The normalized spacial score (nSPS) is 17.0. The van der Waals surface area contributed by atoms with Crippen LogP contribution in [0, 0.1) is 6.92 Å². The third kappa shape index (κ3) is 6.21. The summed E-state index contributed by atoms with van der Waals surface area (Å²) in [5, 5.41) is 16.9. The summed E-state index contributed by atoms with van der Waals surface area (Å²) in [5.74, 6) is -0.101. The van der Waals surface area contributed by atoms with Crippen LogP contribution >= 0.6 is 11.6 Å². The predicted octanol–water partition coefficient (Wildman–Crippen LogP) is 3.89. The topological polar surface area (TPSA) is 117 Å². The maximum absolute atomic E-state index is 13.3. The Balaban J connectivity index is 1.28. The quantitative estimate of drug-likeness (QED) is 0.390. The Bertz CT molecular complexity index is 1380. The molecule has 0 spiro atoms. The lowest BCUT2D eigenvalue weighted by Gasteiger charge is -2.24. The van der Waals surface area contributed by atoms with Gasteiger partial charge in [-0.25, -0.2) is 9.97 Å². The van der Waals surface area contributed by atoms with Gasteiger partial charge in [0.1, 0.15) is 6.54 Å². The second-order valence-corrected chi connectivity index (χ2v) is 10.6. The number of aliphatic hydroxyl groups excluding tert-OH is 1. The summed E-state index contributed by atoms with van der Waals surface area (Å²) in [6.07, 6.45) is 2.51. The Hall–Kier alpha value is -3.53. The molecule has 3 aromatic rings. The van der Waals surface area contributed by atoms with Gasteiger partial charge in [-0.1, -0.05) is 53.6 Å². The summed E-state index contributed by atoms with van der Waals surface area (Å²) >= 11 is 6.45. The van der Waals surface area contributed by atoms with Gasteiger partial charge in [-0.15, -0.1) is 0 Å². The lowest BCUT2D eigenvalue weighted by molar-refractivity contribution is -0.123. The molecular weight excluding hydrogens is 518 g/mol. The fraction of sp³-hybridized carbons (Fsp3) is 0.379. The van der Waals surface area contributed by atoms with E-state index in [0.29, 0.717) is 47.6 Å². The molecule has 2 aliphatic rings. The molecule has 0 aliphatic carbocycles. The first-order valence-electron chi connectivity index (χ1n) is 13.1. The van der Waals surface area contributed by atoms with E-state index in [1.54, 1.807) is 19.2 Å². The van der Waals surface area contributed by atoms with Crippen LogP contribution in [0.25, 0.3) is 11.3 Å². The number of carbonyl (C=O) groups is 2. The molecule has 0 bridgehead atoms. The number of ether oxygens (including phenoxy) is 1. The highest BCUT2D eigenvalue weighted by Gasteiger charge is 2.30. The average Bonchev–Trinajstić information content (AvgIpc) is 3.23. The van der Waals surface area contributed by atoms with Gasteiger partial charge in [0.05, 0.1) is 29.1 Å². The molecule has 2 aliphatic heterocycles. The minimum atomic E-state index is -0.798. The van der Waals surface area contributed by atoms with Gasteiger partial charge in [0.15, 0.2) is 0 Å². The molecule has 1 aromatic heterocycles. The third-order valence-corrected chi connectivity index (χ3v) is 7.37.